The van der Waals surface area contributed by atoms with Gasteiger partial charge >= 0.3 is 5.97 Å². The van der Waals surface area contributed by atoms with Gasteiger partial charge in [-0.3, -0.25) is 9.69 Å². The van der Waals surface area contributed by atoms with E-state index in [1.165, 1.54) is 17.7 Å². The molecule has 3 aliphatic heterocycles. The van der Waals surface area contributed by atoms with Gasteiger partial charge in [-0.15, -0.1) is 0 Å². The van der Waals surface area contributed by atoms with Crippen LogP contribution in [0.2, 0.25) is 0 Å². The van der Waals surface area contributed by atoms with Crippen LogP contribution in [0.1, 0.15) is 73.1 Å². The summed E-state index contributed by atoms with van der Waals surface area (Å²) in [4.78, 5) is 19.1. The normalized spacial score (nSPS) is 22.8. The van der Waals surface area contributed by atoms with Crippen LogP contribution in [0, 0.1) is 11.7 Å². The molecule has 3 unspecified atom stereocenters. The quantitative estimate of drug-likeness (QED) is 0.438. The number of fused-ring (bicyclic) bond motifs is 1. The maximum Gasteiger partial charge on any atom is 0.325 e. The fourth-order valence-electron chi connectivity index (χ4n) is 5.89. The molecule has 1 aromatic heterocycles. The molecule has 2 saturated heterocycles. The molecule has 8 heteroatoms. The first-order valence-corrected chi connectivity index (χ1v) is 13.8. The van der Waals surface area contributed by atoms with Crippen molar-refractivity contribution in [1.82, 2.24) is 9.88 Å². The number of carboxylic acids is 1. The Morgan fingerprint density at radius 2 is 2.16 bits per heavy atom. The maximum atomic E-state index is 14.3. The van der Waals surface area contributed by atoms with Crippen molar-refractivity contribution >= 4 is 11.8 Å². The van der Waals surface area contributed by atoms with E-state index in [4.69, 9.17) is 14.5 Å². The summed E-state index contributed by atoms with van der Waals surface area (Å²) in [7, 11) is 0. The molecule has 2 N–H and O–H groups in total. The van der Waals surface area contributed by atoms with Crippen LogP contribution in [0.25, 0.3) is 0 Å². The average Bonchev–Trinajstić information content (AvgIpc) is 3.37. The number of carboxylic acid groups (broad SMARTS) is 1. The summed E-state index contributed by atoms with van der Waals surface area (Å²) in [6.07, 6.45) is 7.58. The monoisotopic (exact) mass is 511 g/mol. The second-order valence-corrected chi connectivity index (χ2v) is 10.5. The zero-order chi connectivity index (χ0) is 25.6. The van der Waals surface area contributed by atoms with Crippen LogP contribution in [0.5, 0.6) is 0 Å². The molecule has 7 nitrogen and oxygen atoms in total. The molecule has 0 radical (unpaired) electrons. The number of anilines is 1. The third-order valence-electron chi connectivity index (χ3n) is 7.81. The third kappa shape index (κ3) is 6.48. The number of pyridine rings is 1. The standard InChI is InChI=1S/C29H38FN3O4/c30-22-9-11-24(26-7-1-2-16-37-26)25(17-22)27(29(34)35)33-14-12-20(18-33)19-36-15-4-6-23-10-8-21-5-3-13-31-28(21)32-23/h8-11,17,20,26-27H,1-7,12-16,18-19H2,(H,31,32)(H,34,35). The van der Waals surface area contributed by atoms with E-state index in [0.717, 1.165) is 75.0 Å². The fourth-order valence-corrected chi connectivity index (χ4v) is 5.89. The van der Waals surface area contributed by atoms with Crippen LogP contribution in [0.4, 0.5) is 10.2 Å². The van der Waals surface area contributed by atoms with E-state index in [1.807, 2.05) is 4.90 Å². The molecule has 0 spiro atoms. The number of carbonyl (C=O) groups is 1. The van der Waals surface area contributed by atoms with E-state index >= 15 is 0 Å². The van der Waals surface area contributed by atoms with E-state index < -0.39 is 17.8 Å². The van der Waals surface area contributed by atoms with Gasteiger partial charge in [-0.05, 0) is 98.7 Å². The van der Waals surface area contributed by atoms with Gasteiger partial charge in [0.15, 0.2) is 0 Å². The van der Waals surface area contributed by atoms with E-state index in [1.54, 1.807) is 6.07 Å². The minimum Gasteiger partial charge on any atom is -0.480 e. The lowest BCUT2D eigenvalue weighted by molar-refractivity contribution is -0.143. The van der Waals surface area contributed by atoms with Crippen LogP contribution in [-0.4, -0.2) is 60.4 Å². The summed E-state index contributed by atoms with van der Waals surface area (Å²) in [5.74, 6) is -0.0728. The molecule has 1 aromatic carbocycles. The minimum atomic E-state index is -0.948. The lowest BCUT2D eigenvalue weighted by Gasteiger charge is -2.30. The first kappa shape index (κ1) is 26.1. The smallest absolute Gasteiger partial charge is 0.325 e. The van der Waals surface area contributed by atoms with Gasteiger partial charge < -0.3 is 19.9 Å². The molecular weight excluding hydrogens is 473 g/mol. The highest BCUT2D eigenvalue weighted by Crippen LogP contribution is 2.37. The number of aryl methyl sites for hydroxylation is 2. The number of rotatable bonds is 10. The van der Waals surface area contributed by atoms with Crippen molar-refractivity contribution in [3.05, 3.63) is 58.5 Å². The third-order valence-corrected chi connectivity index (χ3v) is 7.81. The van der Waals surface area contributed by atoms with Gasteiger partial charge in [0.25, 0.3) is 0 Å². The fraction of sp³-hybridized carbons (Fsp3) is 0.586. The molecule has 0 amide bonds. The van der Waals surface area contributed by atoms with Gasteiger partial charge in [0.2, 0.25) is 0 Å². The van der Waals surface area contributed by atoms with Gasteiger partial charge in [0, 0.05) is 32.0 Å². The van der Waals surface area contributed by atoms with Gasteiger partial charge in [0.05, 0.1) is 12.7 Å². The molecule has 200 valence electrons. The second-order valence-electron chi connectivity index (χ2n) is 10.5. The molecule has 3 atom stereocenters. The molecule has 37 heavy (non-hydrogen) atoms. The van der Waals surface area contributed by atoms with Crippen molar-refractivity contribution < 1.29 is 23.8 Å². The van der Waals surface area contributed by atoms with Crippen LogP contribution in [0.3, 0.4) is 0 Å². The van der Waals surface area contributed by atoms with Gasteiger partial charge in [-0.25, -0.2) is 9.37 Å². The molecule has 5 rings (SSSR count). The number of aliphatic carboxylic acids is 1. The Morgan fingerprint density at radius 1 is 1.24 bits per heavy atom. The predicted octanol–water partition coefficient (Wildman–Crippen LogP) is 4.92. The van der Waals surface area contributed by atoms with E-state index in [0.29, 0.717) is 38.5 Å². The zero-order valence-electron chi connectivity index (χ0n) is 21.5. The number of hydrogen-bond acceptors (Lipinski definition) is 6. The largest absolute Gasteiger partial charge is 0.480 e. The van der Waals surface area contributed by atoms with Crippen molar-refractivity contribution in [2.24, 2.45) is 5.92 Å². The molecule has 3 aliphatic rings. The summed E-state index contributed by atoms with van der Waals surface area (Å²) >= 11 is 0. The van der Waals surface area contributed by atoms with E-state index in [-0.39, 0.29) is 12.0 Å². The van der Waals surface area contributed by atoms with Crippen molar-refractivity contribution in [3.8, 4) is 0 Å². The molecule has 4 heterocycles. The van der Waals surface area contributed by atoms with Crippen LogP contribution in [0.15, 0.2) is 30.3 Å². The summed E-state index contributed by atoms with van der Waals surface area (Å²) in [5.41, 5.74) is 3.71. The van der Waals surface area contributed by atoms with Crippen molar-refractivity contribution in [1.29, 1.82) is 0 Å². The highest BCUT2D eigenvalue weighted by atomic mass is 19.1. The number of benzene rings is 1. The predicted molar refractivity (Wildman–Crippen MR) is 139 cm³/mol. The highest BCUT2D eigenvalue weighted by Gasteiger charge is 2.36. The van der Waals surface area contributed by atoms with E-state index in [9.17, 15) is 14.3 Å². The molecule has 0 aliphatic carbocycles. The van der Waals surface area contributed by atoms with Crippen LogP contribution in [-0.2, 0) is 27.1 Å². The number of aromatic nitrogens is 1. The van der Waals surface area contributed by atoms with Crippen molar-refractivity contribution in [3.63, 3.8) is 0 Å². The molecule has 0 saturated carbocycles. The first-order chi connectivity index (χ1) is 18.1. The Kier molecular flexibility index (Phi) is 8.69. The maximum absolute atomic E-state index is 14.3. The minimum absolute atomic E-state index is 0.173. The van der Waals surface area contributed by atoms with E-state index in [2.05, 4.69) is 17.4 Å². The number of halogens is 1. The SMILES string of the molecule is O=C(O)C(c1cc(F)ccc1C1CCCCO1)N1CCC(COCCCc2ccc3c(n2)NCCC3)C1. The molecule has 2 aromatic rings. The van der Waals surface area contributed by atoms with Gasteiger partial charge in [-0.1, -0.05) is 12.1 Å². The highest BCUT2D eigenvalue weighted by molar-refractivity contribution is 5.76. The number of nitrogens with one attached hydrogen (secondary N) is 1. The summed E-state index contributed by atoms with van der Waals surface area (Å²) in [5, 5.41) is 13.6. The zero-order valence-corrected chi connectivity index (χ0v) is 21.5. The summed E-state index contributed by atoms with van der Waals surface area (Å²) < 4.78 is 26.2. The number of likely N-dealkylation sites (tertiary alicyclic amines) is 1. The molecule has 0 bridgehead atoms. The first-order valence-electron chi connectivity index (χ1n) is 13.8. The average molecular weight is 512 g/mol. The summed E-state index contributed by atoms with van der Waals surface area (Å²) in [6, 6.07) is 7.92. The number of nitrogens with zero attached hydrogens (tertiary/aromatic N) is 2. The number of hydrogen-bond donors (Lipinski definition) is 2. The Bertz CT molecular complexity index is 1080. The van der Waals surface area contributed by atoms with Crippen LogP contribution < -0.4 is 5.32 Å². The Hall–Kier alpha value is -2.55. The Morgan fingerprint density at radius 3 is 3.00 bits per heavy atom. The van der Waals surface area contributed by atoms with Gasteiger partial charge in [0.1, 0.15) is 17.7 Å². The summed E-state index contributed by atoms with van der Waals surface area (Å²) in [6.45, 7) is 4.17. The second kappa shape index (κ2) is 12.3. The van der Waals surface area contributed by atoms with Crippen molar-refractivity contribution in [2.45, 2.75) is 63.5 Å². The van der Waals surface area contributed by atoms with Gasteiger partial charge in [-0.2, -0.15) is 0 Å². The molecule has 2 fully saturated rings. The Balaban J connectivity index is 1.13. The Labute approximate surface area is 218 Å². The van der Waals surface area contributed by atoms with Crippen LogP contribution >= 0.6 is 0 Å². The topological polar surface area (TPSA) is 83.9 Å². The molecular formula is C29H38FN3O4. The van der Waals surface area contributed by atoms with Crippen molar-refractivity contribution in [2.75, 3.05) is 44.8 Å². The number of ether oxygens (including phenoxy) is 2. The lowest BCUT2D eigenvalue weighted by Crippen LogP contribution is -2.34. The lowest BCUT2D eigenvalue weighted by atomic mass is 9.92.